The lowest BCUT2D eigenvalue weighted by Crippen LogP contribution is -1.98. The Bertz CT molecular complexity index is 542. The van der Waals surface area contributed by atoms with Crippen LogP contribution in [-0.2, 0) is 11.3 Å². The quantitative estimate of drug-likeness (QED) is 0.790. The van der Waals surface area contributed by atoms with Crippen LogP contribution in [-0.4, -0.2) is 15.6 Å². The number of carbonyl (C=O) groups is 1. The Balaban J connectivity index is 1.94. The van der Waals surface area contributed by atoms with E-state index in [1.807, 2.05) is 0 Å². The highest BCUT2D eigenvalue weighted by Gasteiger charge is 2.04. The fourth-order valence-electron chi connectivity index (χ4n) is 2.35. The number of hydrogen-bond acceptors (Lipinski definition) is 1. The molecule has 0 bridgehead atoms. The summed E-state index contributed by atoms with van der Waals surface area (Å²) in [6.45, 7) is 3.09. The van der Waals surface area contributed by atoms with Crippen LogP contribution in [0, 0.1) is 6.92 Å². The van der Waals surface area contributed by atoms with Crippen LogP contribution in [0.25, 0.3) is 10.9 Å². The van der Waals surface area contributed by atoms with Gasteiger partial charge in [0.25, 0.3) is 0 Å². The lowest BCUT2D eigenvalue weighted by Gasteiger charge is -2.04. The van der Waals surface area contributed by atoms with Gasteiger partial charge in [0.2, 0.25) is 0 Å². The lowest BCUT2D eigenvalue weighted by atomic mass is 10.2. The number of unbranched alkanes of at least 4 members (excludes halogenated alkanes) is 2. The zero-order valence-corrected chi connectivity index (χ0v) is 10.7. The van der Waals surface area contributed by atoms with Crippen LogP contribution >= 0.6 is 0 Å². The van der Waals surface area contributed by atoms with Crippen LogP contribution in [0.2, 0.25) is 0 Å². The number of para-hydroxylation sites is 1. The SMILES string of the molecule is Cc1cn(CCCCCC(=O)O)c2ccccc12. The zero-order chi connectivity index (χ0) is 13.0. The summed E-state index contributed by atoms with van der Waals surface area (Å²) in [5.74, 6) is -0.697. The molecule has 1 aromatic heterocycles. The van der Waals surface area contributed by atoms with Gasteiger partial charge in [-0.1, -0.05) is 24.6 Å². The molecule has 1 N–H and O–H groups in total. The Hall–Kier alpha value is -1.77. The van der Waals surface area contributed by atoms with Gasteiger partial charge in [-0.15, -0.1) is 0 Å². The Morgan fingerprint density at radius 3 is 2.78 bits per heavy atom. The molecule has 96 valence electrons. The smallest absolute Gasteiger partial charge is 0.303 e. The summed E-state index contributed by atoms with van der Waals surface area (Å²) >= 11 is 0. The third-order valence-electron chi connectivity index (χ3n) is 3.28. The summed E-state index contributed by atoms with van der Waals surface area (Å²) in [4.78, 5) is 10.4. The summed E-state index contributed by atoms with van der Waals surface area (Å²) in [6.07, 6.45) is 5.24. The number of aromatic nitrogens is 1. The highest BCUT2D eigenvalue weighted by molar-refractivity contribution is 5.83. The Kier molecular flexibility index (Phi) is 4.03. The van der Waals surface area contributed by atoms with Crippen molar-refractivity contribution in [1.82, 2.24) is 4.57 Å². The normalized spacial score (nSPS) is 10.9. The number of nitrogens with zero attached hydrogens (tertiary/aromatic N) is 1. The maximum atomic E-state index is 10.4. The van der Waals surface area contributed by atoms with Crippen LogP contribution in [0.4, 0.5) is 0 Å². The molecule has 0 aliphatic heterocycles. The van der Waals surface area contributed by atoms with Crippen molar-refractivity contribution >= 4 is 16.9 Å². The van der Waals surface area contributed by atoms with Crippen LogP contribution in [0.1, 0.15) is 31.2 Å². The minimum Gasteiger partial charge on any atom is -0.481 e. The van der Waals surface area contributed by atoms with Crippen LogP contribution in [0.5, 0.6) is 0 Å². The van der Waals surface area contributed by atoms with Gasteiger partial charge < -0.3 is 9.67 Å². The van der Waals surface area contributed by atoms with Crippen molar-refractivity contribution in [3.05, 3.63) is 36.0 Å². The third kappa shape index (κ3) is 2.92. The molecular weight excluding hydrogens is 226 g/mol. The van der Waals surface area contributed by atoms with Gasteiger partial charge >= 0.3 is 5.97 Å². The number of aryl methyl sites for hydroxylation is 2. The maximum Gasteiger partial charge on any atom is 0.303 e. The number of rotatable bonds is 6. The Morgan fingerprint density at radius 2 is 2.00 bits per heavy atom. The van der Waals surface area contributed by atoms with Gasteiger partial charge in [0.05, 0.1) is 0 Å². The molecular formula is C15H19NO2. The van der Waals surface area contributed by atoms with E-state index in [0.717, 1.165) is 25.8 Å². The molecule has 18 heavy (non-hydrogen) atoms. The molecule has 0 saturated carbocycles. The first-order valence-electron chi connectivity index (χ1n) is 6.45. The van der Waals surface area contributed by atoms with Gasteiger partial charge in [-0.05, 0) is 31.4 Å². The average Bonchev–Trinajstić information content (AvgIpc) is 2.66. The molecule has 0 atom stereocenters. The van der Waals surface area contributed by atoms with E-state index in [4.69, 9.17) is 5.11 Å². The monoisotopic (exact) mass is 245 g/mol. The Morgan fingerprint density at radius 1 is 1.22 bits per heavy atom. The summed E-state index contributed by atoms with van der Waals surface area (Å²) in [5, 5.41) is 9.88. The molecule has 0 fully saturated rings. The van der Waals surface area contributed by atoms with Crippen molar-refractivity contribution in [3.8, 4) is 0 Å². The van der Waals surface area contributed by atoms with E-state index in [1.165, 1.54) is 16.5 Å². The number of carboxylic acids is 1. The first kappa shape index (κ1) is 12.7. The zero-order valence-electron chi connectivity index (χ0n) is 10.7. The van der Waals surface area contributed by atoms with E-state index < -0.39 is 5.97 Å². The lowest BCUT2D eigenvalue weighted by molar-refractivity contribution is -0.137. The predicted molar refractivity (Wildman–Crippen MR) is 72.8 cm³/mol. The largest absolute Gasteiger partial charge is 0.481 e. The fraction of sp³-hybridized carbons (Fsp3) is 0.400. The van der Waals surface area contributed by atoms with Gasteiger partial charge in [-0.2, -0.15) is 0 Å². The highest BCUT2D eigenvalue weighted by atomic mass is 16.4. The van der Waals surface area contributed by atoms with Gasteiger partial charge in [-0.25, -0.2) is 0 Å². The molecule has 1 aromatic carbocycles. The van der Waals surface area contributed by atoms with Gasteiger partial charge in [0.1, 0.15) is 0 Å². The van der Waals surface area contributed by atoms with Gasteiger partial charge in [0.15, 0.2) is 0 Å². The van der Waals surface area contributed by atoms with E-state index in [0.29, 0.717) is 0 Å². The number of carboxylic acid groups (broad SMARTS) is 1. The highest BCUT2D eigenvalue weighted by Crippen LogP contribution is 2.20. The fourth-order valence-corrected chi connectivity index (χ4v) is 2.35. The summed E-state index contributed by atoms with van der Waals surface area (Å²) in [6, 6.07) is 8.40. The van der Waals surface area contributed by atoms with Crippen molar-refractivity contribution in [3.63, 3.8) is 0 Å². The third-order valence-corrected chi connectivity index (χ3v) is 3.28. The maximum absolute atomic E-state index is 10.4. The first-order valence-corrected chi connectivity index (χ1v) is 6.45. The van der Waals surface area contributed by atoms with Gasteiger partial charge in [0, 0.05) is 30.1 Å². The molecule has 3 heteroatoms. The number of benzene rings is 1. The molecule has 1 heterocycles. The second kappa shape index (κ2) is 5.71. The average molecular weight is 245 g/mol. The minimum atomic E-state index is -0.697. The molecule has 2 rings (SSSR count). The molecule has 0 saturated heterocycles. The number of hydrogen-bond donors (Lipinski definition) is 1. The first-order chi connectivity index (χ1) is 8.68. The van der Waals surface area contributed by atoms with E-state index >= 15 is 0 Å². The van der Waals surface area contributed by atoms with Crippen molar-refractivity contribution in [2.24, 2.45) is 0 Å². The van der Waals surface area contributed by atoms with Crippen LogP contribution < -0.4 is 0 Å². The summed E-state index contributed by atoms with van der Waals surface area (Å²) in [7, 11) is 0. The topological polar surface area (TPSA) is 42.2 Å². The molecule has 0 aliphatic rings. The van der Waals surface area contributed by atoms with Crippen molar-refractivity contribution in [1.29, 1.82) is 0 Å². The van der Waals surface area contributed by atoms with E-state index in [-0.39, 0.29) is 6.42 Å². The number of aliphatic carboxylic acids is 1. The van der Waals surface area contributed by atoms with Crippen LogP contribution in [0.15, 0.2) is 30.5 Å². The Labute approximate surface area is 107 Å². The number of fused-ring (bicyclic) bond motifs is 1. The predicted octanol–water partition coefficient (Wildman–Crippen LogP) is 3.59. The second-order valence-electron chi connectivity index (χ2n) is 4.73. The molecule has 3 nitrogen and oxygen atoms in total. The van der Waals surface area contributed by atoms with Crippen LogP contribution in [0.3, 0.4) is 0 Å². The van der Waals surface area contributed by atoms with E-state index in [1.54, 1.807) is 0 Å². The molecule has 0 aliphatic carbocycles. The summed E-state index contributed by atoms with van der Waals surface area (Å²) < 4.78 is 2.27. The van der Waals surface area contributed by atoms with Crippen molar-refractivity contribution in [2.45, 2.75) is 39.2 Å². The molecule has 0 radical (unpaired) electrons. The molecule has 0 amide bonds. The van der Waals surface area contributed by atoms with Crippen molar-refractivity contribution in [2.75, 3.05) is 0 Å². The second-order valence-corrected chi connectivity index (χ2v) is 4.73. The molecule has 0 unspecified atom stereocenters. The molecule has 0 spiro atoms. The van der Waals surface area contributed by atoms with Crippen molar-refractivity contribution < 1.29 is 9.90 Å². The minimum absolute atomic E-state index is 0.283. The van der Waals surface area contributed by atoms with Gasteiger partial charge in [-0.3, -0.25) is 4.79 Å². The standard InChI is InChI=1S/C15H19NO2/c1-12-11-16(10-6-2-3-9-15(17)18)14-8-5-4-7-13(12)14/h4-5,7-8,11H,2-3,6,9-10H2,1H3,(H,17,18). The van der Waals surface area contributed by atoms with E-state index in [2.05, 4.69) is 42.0 Å². The summed E-state index contributed by atoms with van der Waals surface area (Å²) in [5.41, 5.74) is 2.57. The van der Waals surface area contributed by atoms with E-state index in [9.17, 15) is 4.79 Å². The molecule has 2 aromatic rings.